The molecule has 0 aliphatic rings. The highest BCUT2D eigenvalue weighted by Gasteiger charge is 2.31. The first-order valence-corrected chi connectivity index (χ1v) is 14.9. The van der Waals surface area contributed by atoms with Crippen LogP contribution < -0.4 is 27.2 Å². The lowest BCUT2D eigenvalue weighted by atomic mass is 9.13. The zero-order chi connectivity index (χ0) is 24.5. The molecule has 0 fully saturated rings. The first kappa shape index (κ1) is 24.7. The molecule has 0 atom stereocenters. The summed E-state index contributed by atoms with van der Waals surface area (Å²) >= 11 is 0. The molecule has 2 heteroatoms. The third-order valence-electron chi connectivity index (χ3n) is 6.88. The van der Waals surface area contributed by atoms with Crippen molar-refractivity contribution in [3.8, 4) is 0 Å². The first-order chi connectivity index (χ1) is 17.1. The molecule has 0 spiro atoms. The van der Waals surface area contributed by atoms with E-state index in [9.17, 15) is 0 Å². The van der Waals surface area contributed by atoms with Crippen molar-refractivity contribution in [1.82, 2.24) is 0 Å². The Morgan fingerprint density at radius 2 is 0.686 bits per heavy atom. The zero-order valence-electron chi connectivity index (χ0n) is 20.9. The van der Waals surface area contributed by atoms with E-state index in [0.29, 0.717) is 0 Å². The maximum Gasteiger partial charge on any atom is 0.108 e. The molecule has 0 nitrogen and oxygen atoms in total. The average molecular weight is 472 g/mol. The van der Waals surface area contributed by atoms with Crippen molar-refractivity contribution in [2.24, 2.45) is 0 Å². The molecule has 5 aromatic carbocycles. The number of rotatable bonds is 5. The highest BCUT2D eigenvalue weighted by atomic mass is 31.1. The molecule has 35 heavy (non-hydrogen) atoms. The largest absolute Gasteiger partial charge is 0.195 e. The SMILES string of the molecule is Cc1ccccc1[PH+](C)C.c1ccc([B-](c2ccccc2)(c2ccccc2)c2ccccc2)cc1. The number of aryl methyl sites for hydroxylation is 1. The summed E-state index contributed by atoms with van der Waals surface area (Å²) < 4.78 is 0. The average Bonchev–Trinajstić information content (AvgIpc) is 2.92. The van der Waals surface area contributed by atoms with E-state index in [0.717, 1.165) is 0 Å². The molecule has 0 aromatic heterocycles. The van der Waals surface area contributed by atoms with Crippen molar-refractivity contribution in [2.45, 2.75) is 6.92 Å². The number of hydrogen-bond acceptors (Lipinski definition) is 0. The number of hydrogen-bond donors (Lipinski definition) is 0. The predicted octanol–water partition coefficient (Wildman–Crippen LogP) is 5.16. The van der Waals surface area contributed by atoms with Crippen LogP contribution in [0.1, 0.15) is 5.56 Å². The predicted molar refractivity (Wildman–Crippen MR) is 161 cm³/mol. The molecule has 0 saturated carbocycles. The summed E-state index contributed by atoms with van der Waals surface area (Å²) in [5.41, 5.74) is 6.80. The molecule has 0 aliphatic carbocycles. The van der Waals surface area contributed by atoms with E-state index < -0.39 is 6.15 Å². The second kappa shape index (κ2) is 11.8. The Hall–Kier alpha value is -3.41. The van der Waals surface area contributed by atoms with E-state index in [1.54, 1.807) is 5.30 Å². The molecule has 5 rings (SSSR count). The fourth-order valence-electron chi connectivity index (χ4n) is 5.26. The van der Waals surface area contributed by atoms with Crippen molar-refractivity contribution < 1.29 is 0 Å². The molecule has 174 valence electrons. The fourth-order valence-corrected chi connectivity index (χ4v) is 6.56. The van der Waals surface area contributed by atoms with Crippen LogP contribution in [0.2, 0.25) is 0 Å². The van der Waals surface area contributed by atoms with Gasteiger partial charge in [0, 0.05) is 7.92 Å². The summed E-state index contributed by atoms with van der Waals surface area (Å²) in [5, 5.41) is 1.56. The van der Waals surface area contributed by atoms with Crippen molar-refractivity contribution in [3.63, 3.8) is 0 Å². The van der Waals surface area contributed by atoms with Gasteiger partial charge >= 0.3 is 0 Å². The van der Waals surface area contributed by atoms with Gasteiger partial charge in [0.25, 0.3) is 0 Å². The van der Waals surface area contributed by atoms with E-state index >= 15 is 0 Å². The monoisotopic (exact) mass is 472 g/mol. The second-order valence-corrected chi connectivity index (χ2v) is 11.9. The molecule has 0 amide bonds. The minimum Gasteiger partial charge on any atom is -0.195 e. The van der Waals surface area contributed by atoms with Gasteiger partial charge in [-0.3, -0.25) is 0 Å². The molecule has 0 saturated heterocycles. The lowest BCUT2D eigenvalue weighted by Crippen LogP contribution is -2.74. The summed E-state index contributed by atoms with van der Waals surface area (Å²) in [4.78, 5) is 0. The van der Waals surface area contributed by atoms with Crippen LogP contribution in [-0.2, 0) is 0 Å². The van der Waals surface area contributed by atoms with E-state index in [2.05, 4.69) is 166 Å². The maximum absolute atomic E-state index is 2.33. The quantitative estimate of drug-likeness (QED) is 0.245. The van der Waals surface area contributed by atoms with Crippen LogP contribution in [0.3, 0.4) is 0 Å². The molecule has 0 unspecified atom stereocenters. The van der Waals surface area contributed by atoms with E-state index in [1.165, 1.54) is 27.4 Å². The van der Waals surface area contributed by atoms with Crippen LogP contribution >= 0.6 is 7.92 Å². The molecule has 0 bridgehead atoms. The van der Waals surface area contributed by atoms with Gasteiger partial charge in [-0.15, -0.1) is 0 Å². The molecular weight excluding hydrogens is 438 g/mol. The van der Waals surface area contributed by atoms with Gasteiger partial charge in [0.05, 0.1) is 18.6 Å². The van der Waals surface area contributed by atoms with Crippen molar-refractivity contribution in [3.05, 3.63) is 151 Å². The van der Waals surface area contributed by atoms with Gasteiger partial charge in [-0.05, 0) is 18.6 Å². The summed E-state index contributed by atoms with van der Waals surface area (Å²) in [6.45, 7) is 6.84. The van der Waals surface area contributed by atoms with Gasteiger partial charge in [-0.1, -0.05) is 140 Å². The normalized spacial score (nSPS) is 11.0. The summed E-state index contributed by atoms with van der Waals surface area (Å²) in [6, 6.07) is 52.2. The highest BCUT2D eigenvalue weighted by molar-refractivity contribution is 7.64. The summed E-state index contributed by atoms with van der Waals surface area (Å²) in [7, 11) is -0.242. The lowest BCUT2D eigenvalue weighted by molar-refractivity contribution is 1.52. The smallest absolute Gasteiger partial charge is 0.108 e. The molecule has 0 N–H and O–H groups in total. The van der Waals surface area contributed by atoms with Gasteiger partial charge in [0.1, 0.15) is 6.15 Å². The molecule has 0 radical (unpaired) electrons. The van der Waals surface area contributed by atoms with Gasteiger partial charge in [-0.25, -0.2) is 0 Å². The second-order valence-electron chi connectivity index (χ2n) is 9.32. The Morgan fingerprint density at radius 3 is 0.943 bits per heavy atom. The van der Waals surface area contributed by atoms with Crippen LogP contribution in [0.5, 0.6) is 0 Å². The third-order valence-corrected chi connectivity index (χ3v) is 8.52. The van der Waals surface area contributed by atoms with Gasteiger partial charge < -0.3 is 0 Å². The van der Waals surface area contributed by atoms with Gasteiger partial charge in [0.2, 0.25) is 0 Å². The van der Waals surface area contributed by atoms with Gasteiger partial charge in [-0.2, -0.15) is 21.9 Å². The topological polar surface area (TPSA) is 0 Å². The van der Waals surface area contributed by atoms with Crippen molar-refractivity contribution >= 4 is 41.2 Å². The molecule has 5 aromatic rings. The van der Waals surface area contributed by atoms with Crippen molar-refractivity contribution in [1.29, 1.82) is 0 Å². The maximum atomic E-state index is 2.33. The number of benzene rings is 5. The summed E-state index contributed by atoms with van der Waals surface area (Å²) in [6.07, 6.45) is -1.22. The van der Waals surface area contributed by atoms with Crippen LogP contribution in [0.25, 0.3) is 0 Å². The Balaban J connectivity index is 0.000000243. The van der Waals surface area contributed by atoms with Crippen LogP contribution in [-0.4, -0.2) is 19.5 Å². The fraction of sp³-hybridized carbons (Fsp3) is 0.0909. The molecule has 0 aliphatic heterocycles. The van der Waals surface area contributed by atoms with Crippen molar-refractivity contribution in [2.75, 3.05) is 13.3 Å². The van der Waals surface area contributed by atoms with E-state index in [1.807, 2.05) is 0 Å². The van der Waals surface area contributed by atoms with Crippen LogP contribution in [0, 0.1) is 6.92 Å². The molecule has 0 heterocycles. The standard InChI is InChI=1S/C24H20B.C9H13P/c1-5-13-21(14-6-1)25(22-15-7-2-8-16-22,23-17-9-3-10-18-23)24-19-11-4-12-20-24;1-8-6-4-5-7-9(8)10(2)3/h1-20H;4-7H,1-3H3/q-1;/p+1. The van der Waals surface area contributed by atoms with Gasteiger partial charge in [0.15, 0.2) is 0 Å². The first-order valence-electron chi connectivity index (χ1n) is 12.4. The van der Waals surface area contributed by atoms with Crippen LogP contribution in [0.15, 0.2) is 146 Å². The molecular formula is C33H34BP. The highest BCUT2D eigenvalue weighted by Crippen LogP contribution is 2.24. The van der Waals surface area contributed by atoms with Crippen LogP contribution in [0.4, 0.5) is 0 Å². The Morgan fingerprint density at radius 1 is 0.400 bits per heavy atom. The van der Waals surface area contributed by atoms with E-state index in [4.69, 9.17) is 0 Å². The minimum atomic E-state index is -1.22. The third kappa shape index (κ3) is 5.48. The van der Waals surface area contributed by atoms with E-state index in [-0.39, 0.29) is 7.92 Å². The Kier molecular flexibility index (Phi) is 8.35. The zero-order valence-corrected chi connectivity index (χ0v) is 21.9. The summed E-state index contributed by atoms with van der Waals surface area (Å²) in [5.74, 6) is 0. The Labute approximate surface area is 212 Å². The Bertz CT molecular complexity index is 1140. The minimum absolute atomic E-state index is 0.242. The lowest BCUT2D eigenvalue weighted by Gasteiger charge is -2.44.